The first-order valence-corrected chi connectivity index (χ1v) is 6.47. The molecule has 3 N–H and O–H groups in total. The summed E-state index contributed by atoms with van der Waals surface area (Å²) in [6.07, 6.45) is 0.807. The van der Waals surface area contributed by atoms with Gasteiger partial charge in [0.1, 0.15) is 17.5 Å². The van der Waals surface area contributed by atoms with E-state index in [2.05, 4.69) is 5.32 Å². The number of hydrogen-bond acceptors (Lipinski definition) is 5. The molecule has 0 radical (unpaired) electrons. The molecular weight excluding hydrogens is 281 g/mol. The number of likely N-dealkylation sites (N-methyl/N-ethyl adjacent to an activating group) is 1. The number of nitro groups is 1. The zero-order chi connectivity index (χ0) is 15.6. The van der Waals surface area contributed by atoms with Gasteiger partial charge in [-0.25, -0.2) is 4.39 Å². The van der Waals surface area contributed by atoms with Crippen LogP contribution in [0, 0.1) is 15.9 Å². The number of carbonyl (C=O) groups excluding carboxylic acids is 1. The molecule has 1 amide bonds. The Kier molecular flexibility index (Phi) is 4.08. The zero-order valence-corrected chi connectivity index (χ0v) is 11.5. The standard InChI is InChI=1S/C13H16FN3O4/c1-16-13(12(15)18)5-4-9(7-13)21-11-6-8(14)2-3-10(11)17(19)20/h2-3,6,9,16H,4-5,7H2,1H3,(H2,15,18). The van der Waals surface area contributed by atoms with Gasteiger partial charge in [0, 0.05) is 18.6 Å². The molecule has 21 heavy (non-hydrogen) atoms. The van der Waals surface area contributed by atoms with Crippen LogP contribution in [0.25, 0.3) is 0 Å². The molecule has 1 aliphatic carbocycles. The monoisotopic (exact) mass is 297 g/mol. The van der Waals surface area contributed by atoms with Gasteiger partial charge in [0.15, 0.2) is 5.75 Å². The molecular formula is C13H16FN3O4. The number of ether oxygens (including phenoxy) is 1. The fourth-order valence-corrected chi connectivity index (χ4v) is 2.59. The van der Waals surface area contributed by atoms with Crippen LogP contribution in [0.2, 0.25) is 0 Å². The predicted octanol–water partition coefficient (Wildman–Crippen LogP) is 1.11. The van der Waals surface area contributed by atoms with Crippen molar-refractivity contribution in [1.29, 1.82) is 0 Å². The molecule has 1 aromatic rings. The minimum Gasteiger partial charge on any atom is -0.483 e. The van der Waals surface area contributed by atoms with E-state index in [9.17, 15) is 19.3 Å². The smallest absolute Gasteiger partial charge is 0.311 e. The highest BCUT2D eigenvalue weighted by Gasteiger charge is 2.44. The topological polar surface area (TPSA) is 107 Å². The van der Waals surface area contributed by atoms with Gasteiger partial charge in [-0.1, -0.05) is 0 Å². The van der Waals surface area contributed by atoms with E-state index in [0.29, 0.717) is 12.8 Å². The summed E-state index contributed by atoms with van der Waals surface area (Å²) in [5.41, 5.74) is 4.19. The van der Waals surface area contributed by atoms with Crippen molar-refractivity contribution in [1.82, 2.24) is 5.32 Å². The normalized spacial score (nSPS) is 24.8. The molecule has 1 aromatic carbocycles. The second-order valence-electron chi connectivity index (χ2n) is 5.05. The fraction of sp³-hybridized carbons (Fsp3) is 0.462. The van der Waals surface area contributed by atoms with Crippen molar-refractivity contribution < 1.29 is 18.8 Å². The van der Waals surface area contributed by atoms with Crippen LogP contribution in [0.3, 0.4) is 0 Å². The van der Waals surface area contributed by atoms with Crippen molar-refractivity contribution in [2.24, 2.45) is 5.73 Å². The fourth-order valence-electron chi connectivity index (χ4n) is 2.59. The first-order chi connectivity index (χ1) is 9.88. The summed E-state index contributed by atoms with van der Waals surface area (Å²) >= 11 is 0. The van der Waals surface area contributed by atoms with Crippen molar-refractivity contribution in [2.45, 2.75) is 30.9 Å². The number of hydrogen-bond donors (Lipinski definition) is 2. The third-order valence-electron chi connectivity index (χ3n) is 3.83. The van der Waals surface area contributed by atoms with E-state index < -0.39 is 28.3 Å². The highest BCUT2D eigenvalue weighted by Crippen LogP contribution is 2.35. The molecule has 2 atom stereocenters. The highest BCUT2D eigenvalue weighted by atomic mass is 19.1. The third kappa shape index (κ3) is 2.94. The number of nitrogens with one attached hydrogen (secondary N) is 1. The molecule has 1 aliphatic rings. The summed E-state index contributed by atoms with van der Waals surface area (Å²) in [6.45, 7) is 0. The molecule has 0 bridgehead atoms. The summed E-state index contributed by atoms with van der Waals surface area (Å²) in [5.74, 6) is -1.26. The molecule has 0 heterocycles. The van der Waals surface area contributed by atoms with E-state index in [-0.39, 0.29) is 17.9 Å². The number of nitrogens with two attached hydrogens (primary N) is 1. The largest absolute Gasteiger partial charge is 0.483 e. The second-order valence-corrected chi connectivity index (χ2v) is 5.05. The molecule has 0 spiro atoms. The first-order valence-electron chi connectivity index (χ1n) is 6.47. The van der Waals surface area contributed by atoms with Crippen molar-refractivity contribution in [3.05, 3.63) is 34.1 Å². The Morgan fingerprint density at radius 3 is 2.86 bits per heavy atom. The van der Waals surface area contributed by atoms with Crippen LogP contribution in [0.5, 0.6) is 5.75 Å². The third-order valence-corrected chi connectivity index (χ3v) is 3.83. The Bertz CT molecular complexity index is 581. The summed E-state index contributed by atoms with van der Waals surface area (Å²) in [4.78, 5) is 21.8. The van der Waals surface area contributed by atoms with Gasteiger partial charge in [0.25, 0.3) is 0 Å². The lowest BCUT2D eigenvalue weighted by Crippen LogP contribution is -2.52. The van der Waals surface area contributed by atoms with E-state index in [1.165, 1.54) is 0 Å². The van der Waals surface area contributed by atoms with E-state index in [0.717, 1.165) is 18.2 Å². The van der Waals surface area contributed by atoms with E-state index in [1.807, 2.05) is 0 Å². The van der Waals surface area contributed by atoms with Gasteiger partial charge in [0.05, 0.1) is 4.92 Å². The quantitative estimate of drug-likeness (QED) is 0.625. The number of rotatable bonds is 5. The average molecular weight is 297 g/mol. The lowest BCUT2D eigenvalue weighted by Gasteiger charge is -2.24. The average Bonchev–Trinajstić information content (AvgIpc) is 2.83. The Morgan fingerprint density at radius 2 is 2.33 bits per heavy atom. The minimum absolute atomic E-state index is 0.138. The predicted molar refractivity (Wildman–Crippen MR) is 72.3 cm³/mol. The number of benzene rings is 1. The molecule has 7 nitrogen and oxygen atoms in total. The van der Waals surface area contributed by atoms with Gasteiger partial charge < -0.3 is 15.8 Å². The lowest BCUT2D eigenvalue weighted by molar-refractivity contribution is -0.386. The van der Waals surface area contributed by atoms with Gasteiger partial charge in [-0.15, -0.1) is 0 Å². The molecule has 0 saturated heterocycles. The number of primary amides is 1. The van der Waals surface area contributed by atoms with Gasteiger partial charge in [0.2, 0.25) is 5.91 Å². The minimum atomic E-state index is -0.882. The van der Waals surface area contributed by atoms with Crippen molar-refractivity contribution in [3.63, 3.8) is 0 Å². The molecule has 0 aliphatic heterocycles. The molecule has 1 saturated carbocycles. The SMILES string of the molecule is CNC1(C(N)=O)CCC(Oc2cc(F)ccc2[N+](=O)[O-])C1. The first kappa shape index (κ1) is 15.2. The number of halogens is 1. The van der Waals surface area contributed by atoms with Crippen LogP contribution >= 0.6 is 0 Å². The maximum Gasteiger partial charge on any atom is 0.311 e. The zero-order valence-electron chi connectivity index (χ0n) is 11.5. The van der Waals surface area contributed by atoms with Crippen LogP contribution in [0.15, 0.2) is 18.2 Å². The molecule has 1 fully saturated rings. The van der Waals surface area contributed by atoms with Crippen molar-refractivity contribution >= 4 is 11.6 Å². The molecule has 8 heteroatoms. The van der Waals surface area contributed by atoms with Gasteiger partial charge in [-0.05, 0) is 26.0 Å². The molecule has 0 aromatic heterocycles. The number of carbonyl (C=O) groups is 1. The van der Waals surface area contributed by atoms with Crippen LogP contribution in [0.4, 0.5) is 10.1 Å². The summed E-state index contributed by atoms with van der Waals surface area (Å²) < 4.78 is 18.8. The number of nitrogens with zero attached hydrogens (tertiary/aromatic N) is 1. The lowest BCUT2D eigenvalue weighted by atomic mass is 9.97. The summed E-state index contributed by atoms with van der Waals surface area (Å²) in [7, 11) is 1.62. The Morgan fingerprint density at radius 1 is 1.62 bits per heavy atom. The van der Waals surface area contributed by atoms with E-state index in [1.54, 1.807) is 7.05 Å². The van der Waals surface area contributed by atoms with Crippen LogP contribution in [-0.2, 0) is 4.79 Å². The Labute approximate surface area is 120 Å². The number of nitro benzene ring substituents is 1. The highest BCUT2D eigenvalue weighted by molar-refractivity contribution is 5.85. The van der Waals surface area contributed by atoms with Crippen molar-refractivity contribution in [3.8, 4) is 5.75 Å². The summed E-state index contributed by atoms with van der Waals surface area (Å²) in [6, 6.07) is 3.03. The Balaban J connectivity index is 2.19. The van der Waals surface area contributed by atoms with Crippen LogP contribution in [-0.4, -0.2) is 29.5 Å². The number of amides is 1. The summed E-state index contributed by atoms with van der Waals surface area (Å²) in [5, 5.41) is 13.8. The van der Waals surface area contributed by atoms with E-state index >= 15 is 0 Å². The molecule has 114 valence electrons. The van der Waals surface area contributed by atoms with E-state index in [4.69, 9.17) is 10.5 Å². The maximum absolute atomic E-state index is 13.2. The van der Waals surface area contributed by atoms with Crippen molar-refractivity contribution in [2.75, 3.05) is 7.05 Å². The van der Waals surface area contributed by atoms with Gasteiger partial charge >= 0.3 is 5.69 Å². The Hall–Kier alpha value is -2.22. The van der Waals surface area contributed by atoms with Crippen LogP contribution in [0.1, 0.15) is 19.3 Å². The molecule has 2 rings (SSSR count). The van der Waals surface area contributed by atoms with Gasteiger partial charge in [-0.3, -0.25) is 14.9 Å². The van der Waals surface area contributed by atoms with Gasteiger partial charge in [-0.2, -0.15) is 0 Å². The second kappa shape index (κ2) is 5.65. The molecule has 2 unspecified atom stereocenters. The van der Waals surface area contributed by atoms with Crippen LogP contribution < -0.4 is 15.8 Å². The maximum atomic E-state index is 13.2.